The molecule has 2 N–H and O–H groups in total. The summed E-state index contributed by atoms with van der Waals surface area (Å²) in [6, 6.07) is 0. The Bertz CT molecular complexity index is 203. The lowest BCUT2D eigenvalue weighted by atomic mass is 10.2. The average molecular weight is 133 g/mol. The van der Waals surface area contributed by atoms with Gasteiger partial charge in [-0.05, 0) is 19.1 Å². The second-order valence-electron chi connectivity index (χ2n) is 2.30. The number of nitrogens with two attached hydrogens (primary N) is 1. The highest BCUT2D eigenvalue weighted by Gasteiger charge is 1.83. The molecule has 1 aliphatic rings. The van der Waals surface area contributed by atoms with Crippen LogP contribution in [0.2, 0.25) is 0 Å². The SMILES string of the molecule is CC1=C/C=C\C(N)=C/C=C\1. The van der Waals surface area contributed by atoms with Crippen LogP contribution in [0.4, 0.5) is 0 Å². The minimum absolute atomic E-state index is 0.792. The highest BCUT2D eigenvalue weighted by Crippen LogP contribution is 2.00. The molecule has 1 heteroatoms. The van der Waals surface area contributed by atoms with Crippen molar-refractivity contribution in [1.29, 1.82) is 0 Å². The zero-order valence-corrected chi connectivity index (χ0v) is 6.04. The lowest BCUT2D eigenvalue weighted by Crippen LogP contribution is -1.91. The van der Waals surface area contributed by atoms with Gasteiger partial charge in [0.25, 0.3) is 0 Å². The van der Waals surface area contributed by atoms with Crippen molar-refractivity contribution >= 4 is 0 Å². The van der Waals surface area contributed by atoms with E-state index < -0.39 is 0 Å². The third-order valence-corrected chi connectivity index (χ3v) is 1.30. The zero-order chi connectivity index (χ0) is 7.40. The first-order valence-corrected chi connectivity index (χ1v) is 3.28. The van der Waals surface area contributed by atoms with Gasteiger partial charge in [0.05, 0.1) is 0 Å². The van der Waals surface area contributed by atoms with Gasteiger partial charge in [0.2, 0.25) is 0 Å². The van der Waals surface area contributed by atoms with Crippen LogP contribution in [0.3, 0.4) is 0 Å². The standard InChI is InChI=1S/C9H11N/c1-8-4-2-6-9(10)7-3-5-8/h2-7H,10H2,1H3/b4-2-,5-3?,6-2?,7-3-,8-4?,8-5-,9-6+,9-7?. The molecule has 0 amide bonds. The van der Waals surface area contributed by atoms with Gasteiger partial charge in [0.15, 0.2) is 0 Å². The van der Waals surface area contributed by atoms with Crippen LogP contribution in [-0.2, 0) is 0 Å². The van der Waals surface area contributed by atoms with Crippen molar-refractivity contribution in [3.63, 3.8) is 0 Å². The Labute approximate surface area is 61.2 Å². The molecule has 0 aliphatic heterocycles. The molecule has 0 unspecified atom stereocenters. The fourth-order valence-corrected chi connectivity index (χ4v) is 0.733. The van der Waals surface area contributed by atoms with Gasteiger partial charge in [0.1, 0.15) is 0 Å². The highest BCUT2D eigenvalue weighted by molar-refractivity contribution is 5.32. The first-order valence-electron chi connectivity index (χ1n) is 3.28. The number of hydrogen-bond donors (Lipinski definition) is 1. The quantitative estimate of drug-likeness (QED) is 0.536. The van der Waals surface area contributed by atoms with Gasteiger partial charge in [-0.3, -0.25) is 0 Å². The maximum atomic E-state index is 5.54. The van der Waals surface area contributed by atoms with Crippen molar-refractivity contribution in [3.05, 3.63) is 47.7 Å². The summed E-state index contributed by atoms with van der Waals surface area (Å²) in [4.78, 5) is 0. The van der Waals surface area contributed by atoms with Gasteiger partial charge in [-0.2, -0.15) is 0 Å². The summed E-state index contributed by atoms with van der Waals surface area (Å²) < 4.78 is 0. The van der Waals surface area contributed by atoms with Crippen molar-refractivity contribution in [2.24, 2.45) is 5.73 Å². The van der Waals surface area contributed by atoms with Gasteiger partial charge in [-0.25, -0.2) is 0 Å². The summed E-state index contributed by atoms with van der Waals surface area (Å²) in [7, 11) is 0. The molecule has 0 fully saturated rings. The van der Waals surface area contributed by atoms with Crippen molar-refractivity contribution < 1.29 is 0 Å². The molecule has 0 saturated carbocycles. The summed E-state index contributed by atoms with van der Waals surface area (Å²) in [5.41, 5.74) is 7.57. The van der Waals surface area contributed by atoms with Gasteiger partial charge in [-0.1, -0.05) is 29.9 Å². The van der Waals surface area contributed by atoms with Crippen LogP contribution < -0.4 is 5.73 Å². The van der Waals surface area contributed by atoms with Crippen LogP contribution in [0.5, 0.6) is 0 Å². The molecule has 0 saturated heterocycles. The molecule has 0 heterocycles. The van der Waals surface area contributed by atoms with Crippen molar-refractivity contribution in [2.45, 2.75) is 6.92 Å². The van der Waals surface area contributed by atoms with Gasteiger partial charge < -0.3 is 5.73 Å². The fraction of sp³-hybridized carbons (Fsp3) is 0.111. The Morgan fingerprint density at radius 1 is 1.10 bits per heavy atom. The molecule has 10 heavy (non-hydrogen) atoms. The fourth-order valence-electron chi connectivity index (χ4n) is 0.733. The van der Waals surface area contributed by atoms with Crippen LogP contribution in [0.1, 0.15) is 6.92 Å². The van der Waals surface area contributed by atoms with E-state index in [0.717, 1.165) is 5.70 Å². The van der Waals surface area contributed by atoms with E-state index in [1.54, 1.807) is 0 Å². The molecule has 0 aromatic carbocycles. The predicted octanol–water partition coefficient (Wildman–Crippen LogP) is 1.90. The monoisotopic (exact) mass is 133 g/mol. The Hall–Kier alpha value is -1.24. The lowest BCUT2D eigenvalue weighted by Gasteiger charge is -1.93. The van der Waals surface area contributed by atoms with E-state index in [1.165, 1.54) is 5.57 Å². The summed E-state index contributed by atoms with van der Waals surface area (Å²) in [6.45, 7) is 2.05. The first kappa shape index (κ1) is 6.87. The van der Waals surface area contributed by atoms with Crippen molar-refractivity contribution in [1.82, 2.24) is 0 Å². The topological polar surface area (TPSA) is 26.0 Å². The summed E-state index contributed by atoms with van der Waals surface area (Å²) >= 11 is 0. The van der Waals surface area contributed by atoms with Crippen LogP contribution >= 0.6 is 0 Å². The molecule has 1 rings (SSSR count). The first-order chi connectivity index (χ1) is 4.79. The van der Waals surface area contributed by atoms with Crippen molar-refractivity contribution in [2.75, 3.05) is 0 Å². The number of rotatable bonds is 0. The summed E-state index contributed by atoms with van der Waals surface area (Å²) in [5.74, 6) is 0. The van der Waals surface area contributed by atoms with E-state index in [4.69, 9.17) is 5.73 Å². The van der Waals surface area contributed by atoms with Gasteiger partial charge in [-0.15, -0.1) is 0 Å². The summed E-state index contributed by atoms with van der Waals surface area (Å²) in [6.07, 6.45) is 11.7. The van der Waals surface area contributed by atoms with Crippen LogP contribution in [0.15, 0.2) is 47.7 Å². The molecule has 1 nitrogen and oxygen atoms in total. The molecule has 52 valence electrons. The lowest BCUT2D eigenvalue weighted by molar-refractivity contribution is 1.40. The predicted molar refractivity (Wildman–Crippen MR) is 44.3 cm³/mol. The molecule has 1 aliphatic carbocycles. The average Bonchev–Trinajstić information content (AvgIpc) is 1.84. The van der Waals surface area contributed by atoms with Crippen molar-refractivity contribution in [3.8, 4) is 0 Å². The second-order valence-corrected chi connectivity index (χ2v) is 2.30. The maximum Gasteiger partial charge on any atom is 0.0313 e. The minimum atomic E-state index is 0.792. The normalized spacial score (nSPS) is 34.1. The Kier molecular flexibility index (Phi) is 2.11. The molecule has 0 radical (unpaired) electrons. The van der Waals surface area contributed by atoms with Crippen LogP contribution in [-0.4, -0.2) is 0 Å². The summed E-state index contributed by atoms with van der Waals surface area (Å²) in [5, 5.41) is 0. The molecule has 0 aromatic heterocycles. The van der Waals surface area contributed by atoms with Crippen LogP contribution in [0, 0.1) is 0 Å². The Balaban J connectivity index is 2.84. The van der Waals surface area contributed by atoms with E-state index in [0.29, 0.717) is 0 Å². The number of hydrogen-bond acceptors (Lipinski definition) is 1. The van der Waals surface area contributed by atoms with E-state index in [2.05, 4.69) is 6.92 Å². The maximum absolute atomic E-state index is 5.54. The molecule has 0 bridgehead atoms. The second kappa shape index (κ2) is 3.06. The van der Waals surface area contributed by atoms with E-state index >= 15 is 0 Å². The van der Waals surface area contributed by atoms with E-state index in [-0.39, 0.29) is 0 Å². The van der Waals surface area contributed by atoms with Gasteiger partial charge >= 0.3 is 0 Å². The Morgan fingerprint density at radius 2 is 1.80 bits per heavy atom. The smallest absolute Gasteiger partial charge is 0.0313 e. The highest BCUT2D eigenvalue weighted by atomic mass is 14.5. The molecule has 0 atom stereocenters. The van der Waals surface area contributed by atoms with Gasteiger partial charge in [0, 0.05) is 5.70 Å². The van der Waals surface area contributed by atoms with E-state index in [1.807, 2.05) is 36.5 Å². The number of allylic oxidation sites excluding steroid dienone is 7. The largest absolute Gasteiger partial charge is 0.399 e. The van der Waals surface area contributed by atoms with E-state index in [9.17, 15) is 0 Å². The zero-order valence-electron chi connectivity index (χ0n) is 6.04. The van der Waals surface area contributed by atoms with Crippen LogP contribution in [0.25, 0.3) is 0 Å². The third-order valence-electron chi connectivity index (χ3n) is 1.30. The Morgan fingerprint density at radius 3 is 2.60 bits per heavy atom. The molecule has 0 aromatic rings. The molecular weight excluding hydrogens is 122 g/mol. The molecule has 0 spiro atoms. The molecular formula is C9H11N. The third kappa shape index (κ3) is 1.94. The minimum Gasteiger partial charge on any atom is -0.399 e.